The second-order valence-corrected chi connectivity index (χ2v) is 6.45. The first-order valence-corrected chi connectivity index (χ1v) is 8.27. The minimum absolute atomic E-state index is 0.0444. The summed E-state index contributed by atoms with van der Waals surface area (Å²) in [6.07, 6.45) is 2.08. The van der Waals surface area contributed by atoms with Gasteiger partial charge in [0.1, 0.15) is 6.61 Å². The average Bonchev–Trinajstić information content (AvgIpc) is 2.52. The van der Waals surface area contributed by atoms with Crippen molar-refractivity contribution in [2.24, 2.45) is 0 Å². The second kappa shape index (κ2) is 8.16. The van der Waals surface area contributed by atoms with Gasteiger partial charge in [-0.3, -0.25) is 4.79 Å². The fraction of sp³-hybridized carbons (Fsp3) is 0.562. The van der Waals surface area contributed by atoms with Gasteiger partial charge in [-0.25, -0.2) is 0 Å². The maximum Gasteiger partial charge on any atom is 0.248 e. The molecule has 22 heavy (non-hydrogen) atoms. The smallest absolute Gasteiger partial charge is 0.248 e. The van der Waals surface area contributed by atoms with E-state index in [1.54, 1.807) is 24.1 Å². The molecule has 1 aromatic rings. The zero-order valence-corrected chi connectivity index (χ0v) is 14.5. The third kappa shape index (κ3) is 4.59. The van der Waals surface area contributed by atoms with Crippen LogP contribution >= 0.6 is 23.2 Å². The van der Waals surface area contributed by atoms with Gasteiger partial charge in [-0.05, 0) is 50.6 Å². The van der Waals surface area contributed by atoms with Gasteiger partial charge >= 0.3 is 0 Å². The zero-order chi connectivity index (χ0) is 16.1. The highest BCUT2D eigenvalue weighted by atomic mass is 35.5. The van der Waals surface area contributed by atoms with Crippen LogP contribution in [0.1, 0.15) is 31.4 Å². The lowest BCUT2D eigenvalue weighted by Crippen LogP contribution is -2.37. The number of benzene rings is 1. The minimum atomic E-state index is -0.131. The van der Waals surface area contributed by atoms with Crippen LogP contribution in [0.4, 0.5) is 0 Å². The van der Waals surface area contributed by atoms with E-state index in [-0.39, 0.29) is 24.7 Å². The normalized spacial score (nSPS) is 17.3. The lowest BCUT2D eigenvalue weighted by Gasteiger charge is -2.28. The molecule has 1 aliphatic rings. The Balaban J connectivity index is 1.91. The van der Waals surface area contributed by atoms with E-state index in [0.29, 0.717) is 10.0 Å². The molecule has 1 heterocycles. The summed E-state index contributed by atoms with van der Waals surface area (Å²) >= 11 is 12.1. The number of rotatable bonds is 5. The van der Waals surface area contributed by atoms with Crippen molar-refractivity contribution in [3.63, 3.8) is 0 Å². The number of nitrogens with zero attached hydrogens (tertiary/aromatic N) is 1. The van der Waals surface area contributed by atoms with Crippen LogP contribution in [0.5, 0.6) is 0 Å². The number of nitrogens with one attached hydrogen (secondary N) is 1. The molecule has 1 aliphatic heterocycles. The Morgan fingerprint density at radius 1 is 1.41 bits per heavy atom. The van der Waals surface area contributed by atoms with Gasteiger partial charge in [-0.1, -0.05) is 29.3 Å². The molecular weight excluding hydrogens is 323 g/mol. The quantitative estimate of drug-likeness (QED) is 0.891. The van der Waals surface area contributed by atoms with Crippen LogP contribution in [0.2, 0.25) is 10.0 Å². The number of likely N-dealkylation sites (N-methyl/N-ethyl adjacent to an activating group) is 1. The van der Waals surface area contributed by atoms with Crippen molar-refractivity contribution < 1.29 is 9.53 Å². The Morgan fingerprint density at radius 2 is 2.09 bits per heavy atom. The summed E-state index contributed by atoms with van der Waals surface area (Å²) in [5, 5.41) is 4.43. The molecule has 1 fully saturated rings. The van der Waals surface area contributed by atoms with Gasteiger partial charge in [0, 0.05) is 17.1 Å². The van der Waals surface area contributed by atoms with Crippen molar-refractivity contribution in [2.45, 2.75) is 31.9 Å². The maximum absolute atomic E-state index is 12.3. The van der Waals surface area contributed by atoms with Crippen LogP contribution in [-0.4, -0.2) is 43.7 Å². The lowest BCUT2D eigenvalue weighted by atomic mass is 10.1. The van der Waals surface area contributed by atoms with Crippen molar-refractivity contribution in [2.75, 3.05) is 26.7 Å². The largest absolute Gasteiger partial charge is 0.368 e. The molecular formula is C16H22Cl2N2O2. The van der Waals surface area contributed by atoms with Gasteiger partial charge in [0.15, 0.2) is 0 Å². The average molecular weight is 345 g/mol. The molecule has 122 valence electrons. The standard InChI is InChI=1S/C16H22Cl2N2O2/c1-11(14-4-3-12(17)9-15(14)18)20(2)16(21)10-22-13-5-7-19-8-6-13/h3-4,9,11,13,19H,5-8,10H2,1-2H3. The number of piperidine rings is 1. The van der Waals surface area contributed by atoms with E-state index in [0.717, 1.165) is 31.5 Å². The molecule has 1 atom stereocenters. The Labute approximate surface area is 141 Å². The predicted octanol–water partition coefficient (Wildman–Crippen LogP) is 3.28. The van der Waals surface area contributed by atoms with Gasteiger partial charge in [-0.2, -0.15) is 0 Å². The van der Waals surface area contributed by atoms with E-state index in [4.69, 9.17) is 27.9 Å². The van der Waals surface area contributed by atoms with E-state index < -0.39 is 0 Å². The molecule has 0 saturated carbocycles. The molecule has 1 N–H and O–H groups in total. The third-order valence-corrected chi connectivity index (χ3v) is 4.68. The van der Waals surface area contributed by atoms with Crippen LogP contribution in [0.25, 0.3) is 0 Å². The first-order chi connectivity index (χ1) is 10.5. The molecule has 1 saturated heterocycles. The molecule has 2 rings (SSSR count). The highest BCUT2D eigenvalue weighted by Crippen LogP contribution is 2.29. The third-order valence-electron chi connectivity index (χ3n) is 4.12. The first-order valence-electron chi connectivity index (χ1n) is 7.52. The molecule has 6 heteroatoms. The van der Waals surface area contributed by atoms with Gasteiger partial charge in [0.2, 0.25) is 5.91 Å². The van der Waals surface area contributed by atoms with Gasteiger partial charge in [0.25, 0.3) is 0 Å². The summed E-state index contributed by atoms with van der Waals surface area (Å²) in [7, 11) is 1.77. The number of carbonyl (C=O) groups is 1. The molecule has 1 unspecified atom stereocenters. The van der Waals surface area contributed by atoms with E-state index >= 15 is 0 Å². The fourth-order valence-electron chi connectivity index (χ4n) is 2.52. The monoisotopic (exact) mass is 344 g/mol. The van der Waals surface area contributed by atoms with Gasteiger partial charge < -0.3 is 15.0 Å². The van der Waals surface area contributed by atoms with Crippen molar-refractivity contribution in [3.8, 4) is 0 Å². The molecule has 1 amide bonds. The Hall–Kier alpha value is -0.810. The lowest BCUT2D eigenvalue weighted by molar-refractivity contribution is -0.139. The number of amides is 1. The van der Waals surface area contributed by atoms with Gasteiger partial charge in [-0.15, -0.1) is 0 Å². The maximum atomic E-state index is 12.3. The van der Waals surface area contributed by atoms with Crippen molar-refractivity contribution in [1.82, 2.24) is 10.2 Å². The highest BCUT2D eigenvalue weighted by molar-refractivity contribution is 6.35. The van der Waals surface area contributed by atoms with Crippen molar-refractivity contribution in [1.29, 1.82) is 0 Å². The summed E-state index contributed by atoms with van der Waals surface area (Å²) < 4.78 is 5.72. The summed E-state index contributed by atoms with van der Waals surface area (Å²) in [6, 6.07) is 5.20. The van der Waals surface area contributed by atoms with Crippen molar-refractivity contribution >= 4 is 29.1 Å². The minimum Gasteiger partial charge on any atom is -0.368 e. The molecule has 1 aromatic carbocycles. The second-order valence-electron chi connectivity index (χ2n) is 5.61. The topological polar surface area (TPSA) is 41.6 Å². The number of halogens is 2. The Bertz CT molecular complexity index is 519. The van der Waals surface area contributed by atoms with Crippen LogP contribution < -0.4 is 5.32 Å². The summed E-state index contributed by atoms with van der Waals surface area (Å²) in [5.74, 6) is -0.0444. The van der Waals surface area contributed by atoms with Crippen LogP contribution in [0, 0.1) is 0 Å². The van der Waals surface area contributed by atoms with E-state index in [9.17, 15) is 4.79 Å². The summed E-state index contributed by atoms with van der Waals surface area (Å²) in [6.45, 7) is 3.95. The fourth-order valence-corrected chi connectivity index (χ4v) is 3.08. The summed E-state index contributed by atoms with van der Waals surface area (Å²) in [4.78, 5) is 14.0. The van der Waals surface area contributed by atoms with E-state index in [1.807, 2.05) is 13.0 Å². The van der Waals surface area contributed by atoms with Crippen molar-refractivity contribution in [3.05, 3.63) is 33.8 Å². The molecule has 0 spiro atoms. The number of hydrogen-bond acceptors (Lipinski definition) is 3. The van der Waals surface area contributed by atoms with Crippen LogP contribution in [0.15, 0.2) is 18.2 Å². The number of ether oxygens (including phenoxy) is 1. The molecule has 4 nitrogen and oxygen atoms in total. The predicted molar refractivity (Wildman–Crippen MR) is 89.5 cm³/mol. The highest BCUT2D eigenvalue weighted by Gasteiger charge is 2.21. The Morgan fingerprint density at radius 3 is 2.73 bits per heavy atom. The Kier molecular flexibility index (Phi) is 6.50. The molecule has 0 aromatic heterocycles. The molecule has 0 bridgehead atoms. The number of hydrogen-bond donors (Lipinski definition) is 1. The SMILES string of the molecule is CC(c1ccc(Cl)cc1Cl)N(C)C(=O)COC1CCNCC1. The number of carbonyl (C=O) groups excluding carboxylic acids is 1. The van der Waals surface area contributed by atoms with Crippen LogP contribution in [-0.2, 0) is 9.53 Å². The first kappa shape index (κ1) is 17.5. The summed E-state index contributed by atoms with van der Waals surface area (Å²) in [5.41, 5.74) is 0.879. The van der Waals surface area contributed by atoms with Crippen LogP contribution in [0.3, 0.4) is 0 Å². The molecule has 0 radical (unpaired) electrons. The van der Waals surface area contributed by atoms with E-state index in [1.165, 1.54) is 0 Å². The van der Waals surface area contributed by atoms with E-state index in [2.05, 4.69) is 5.32 Å². The molecule has 0 aliphatic carbocycles. The zero-order valence-electron chi connectivity index (χ0n) is 12.9. The van der Waals surface area contributed by atoms with Gasteiger partial charge in [0.05, 0.1) is 12.1 Å².